The molecule has 2 N–H and O–H groups in total. The van der Waals surface area contributed by atoms with Crippen molar-refractivity contribution in [2.75, 3.05) is 0 Å². The van der Waals surface area contributed by atoms with Gasteiger partial charge in [-0.2, -0.15) is 5.10 Å². The van der Waals surface area contributed by atoms with E-state index >= 15 is 0 Å². The molecule has 0 heterocycles. The summed E-state index contributed by atoms with van der Waals surface area (Å²) in [4.78, 5) is 11.6. The maximum Gasteiger partial charge on any atom is 0.271 e. The van der Waals surface area contributed by atoms with Crippen LogP contribution >= 0.6 is 0 Å². The van der Waals surface area contributed by atoms with E-state index in [9.17, 15) is 4.79 Å². The second-order valence-corrected chi connectivity index (χ2v) is 3.66. The number of amides is 1. The van der Waals surface area contributed by atoms with Crippen LogP contribution in [0.5, 0.6) is 5.75 Å². The Kier molecular flexibility index (Phi) is 3.71. The van der Waals surface area contributed by atoms with Gasteiger partial charge in [0.2, 0.25) is 0 Å². The molecule has 0 aliphatic heterocycles. The summed E-state index contributed by atoms with van der Waals surface area (Å²) >= 11 is 0. The van der Waals surface area contributed by atoms with Gasteiger partial charge in [0.1, 0.15) is 5.75 Å². The number of phenols is 1. The Bertz CT molecular complexity index is 548. The molecule has 2 aromatic carbocycles. The van der Waals surface area contributed by atoms with E-state index in [-0.39, 0.29) is 11.7 Å². The van der Waals surface area contributed by atoms with Crippen molar-refractivity contribution in [3.8, 4) is 5.75 Å². The van der Waals surface area contributed by atoms with E-state index in [1.54, 1.807) is 48.5 Å². The van der Waals surface area contributed by atoms with Gasteiger partial charge < -0.3 is 5.11 Å². The third-order valence-electron chi connectivity index (χ3n) is 2.31. The van der Waals surface area contributed by atoms with Crippen LogP contribution < -0.4 is 5.43 Å². The zero-order valence-corrected chi connectivity index (χ0v) is 9.58. The molecular weight excluding hydrogens is 228 g/mol. The molecule has 0 bridgehead atoms. The molecule has 0 saturated heterocycles. The van der Waals surface area contributed by atoms with Crippen LogP contribution in [0.15, 0.2) is 59.7 Å². The van der Waals surface area contributed by atoms with E-state index in [1.807, 2.05) is 6.07 Å². The van der Waals surface area contributed by atoms with Crippen molar-refractivity contribution < 1.29 is 9.90 Å². The molecule has 2 aromatic rings. The molecule has 0 aromatic heterocycles. The topological polar surface area (TPSA) is 61.7 Å². The quantitative estimate of drug-likeness (QED) is 0.638. The molecule has 90 valence electrons. The molecule has 2 rings (SSSR count). The Morgan fingerprint density at radius 2 is 1.72 bits per heavy atom. The Morgan fingerprint density at radius 3 is 2.39 bits per heavy atom. The third kappa shape index (κ3) is 3.18. The van der Waals surface area contributed by atoms with Gasteiger partial charge >= 0.3 is 0 Å². The van der Waals surface area contributed by atoms with Gasteiger partial charge in [-0.25, -0.2) is 5.43 Å². The van der Waals surface area contributed by atoms with E-state index in [0.717, 1.165) is 5.56 Å². The van der Waals surface area contributed by atoms with E-state index < -0.39 is 0 Å². The Balaban J connectivity index is 1.96. The number of aromatic hydroxyl groups is 1. The summed E-state index contributed by atoms with van der Waals surface area (Å²) in [5, 5.41) is 12.9. The highest BCUT2D eigenvalue weighted by Crippen LogP contribution is 2.07. The molecule has 4 heteroatoms. The SMILES string of the molecule is O=C(NN=Cc1ccc(O)cc1)c1ccccc1. The molecule has 0 unspecified atom stereocenters. The molecule has 0 saturated carbocycles. The number of carbonyl (C=O) groups excluding carboxylic acids is 1. The zero-order valence-electron chi connectivity index (χ0n) is 9.58. The lowest BCUT2D eigenvalue weighted by atomic mass is 10.2. The van der Waals surface area contributed by atoms with Crippen LogP contribution in [-0.2, 0) is 0 Å². The fraction of sp³-hybridized carbons (Fsp3) is 0. The summed E-state index contributed by atoms with van der Waals surface area (Å²) in [5.41, 5.74) is 3.78. The number of hydrazone groups is 1. The van der Waals surface area contributed by atoms with E-state index in [2.05, 4.69) is 10.5 Å². The average molecular weight is 240 g/mol. The van der Waals surface area contributed by atoms with Crippen molar-refractivity contribution in [3.63, 3.8) is 0 Å². The maximum atomic E-state index is 11.6. The highest BCUT2D eigenvalue weighted by molar-refractivity contribution is 5.94. The number of nitrogens with zero attached hydrogens (tertiary/aromatic N) is 1. The molecule has 4 nitrogen and oxygen atoms in total. The second kappa shape index (κ2) is 5.63. The van der Waals surface area contributed by atoms with E-state index in [4.69, 9.17) is 5.11 Å². The Hall–Kier alpha value is -2.62. The first-order valence-corrected chi connectivity index (χ1v) is 5.43. The fourth-order valence-electron chi connectivity index (χ4n) is 1.38. The van der Waals surface area contributed by atoms with Gasteiger partial charge in [-0.05, 0) is 42.0 Å². The van der Waals surface area contributed by atoms with Gasteiger partial charge in [-0.15, -0.1) is 0 Å². The normalized spacial score (nSPS) is 10.4. The number of hydrogen-bond donors (Lipinski definition) is 2. The van der Waals surface area contributed by atoms with Gasteiger partial charge in [0, 0.05) is 5.56 Å². The lowest BCUT2D eigenvalue weighted by Crippen LogP contribution is -2.17. The van der Waals surface area contributed by atoms with Crippen LogP contribution in [-0.4, -0.2) is 17.2 Å². The van der Waals surface area contributed by atoms with Crippen LogP contribution in [0.25, 0.3) is 0 Å². The van der Waals surface area contributed by atoms with Crippen molar-refractivity contribution in [2.24, 2.45) is 5.10 Å². The van der Waals surface area contributed by atoms with Crippen molar-refractivity contribution in [2.45, 2.75) is 0 Å². The average Bonchev–Trinajstić information content (AvgIpc) is 2.42. The third-order valence-corrected chi connectivity index (χ3v) is 2.31. The van der Waals surface area contributed by atoms with Crippen LogP contribution in [0.4, 0.5) is 0 Å². The van der Waals surface area contributed by atoms with Crippen LogP contribution in [0, 0.1) is 0 Å². The highest BCUT2D eigenvalue weighted by Gasteiger charge is 2.01. The molecule has 0 atom stereocenters. The number of benzene rings is 2. The smallest absolute Gasteiger partial charge is 0.271 e. The van der Waals surface area contributed by atoms with Gasteiger partial charge in [0.25, 0.3) is 5.91 Å². The Labute approximate surface area is 105 Å². The minimum Gasteiger partial charge on any atom is -0.508 e. The molecule has 0 fully saturated rings. The summed E-state index contributed by atoms with van der Waals surface area (Å²) in [6.07, 6.45) is 1.51. The van der Waals surface area contributed by atoms with Crippen LogP contribution in [0.2, 0.25) is 0 Å². The lowest BCUT2D eigenvalue weighted by molar-refractivity contribution is 0.0955. The first kappa shape index (κ1) is 11.9. The van der Waals surface area contributed by atoms with Gasteiger partial charge in [-0.3, -0.25) is 4.79 Å². The van der Waals surface area contributed by atoms with E-state index in [0.29, 0.717) is 5.56 Å². The maximum absolute atomic E-state index is 11.6. The molecular formula is C14H12N2O2. The fourth-order valence-corrected chi connectivity index (χ4v) is 1.38. The monoisotopic (exact) mass is 240 g/mol. The van der Waals surface area contributed by atoms with Crippen molar-refractivity contribution in [1.82, 2.24) is 5.43 Å². The standard InChI is InChI=1S/C14H12N2O2/c17-13-8-6-11(7-9-13)10-15-16-14(18)12-4-2-1-3-5-12/h1-10,17H,(H,16,18). The molecule has 0 aliphatic rings. The Morgan fingerprint density at radius 1 is 1.06 bits per heavy atom. The largest absolute Gasteiger partial charge is 0.508 e. The minimum absolute atomic E-state index is 0.195. The predicted molar refractivity (Wildman–Crippen MR) is 69.6 cm³/mol. The summed E-state index contributed by atoms with van der Waals surface area (Å²) in [5.74, 6) is -0.0638. The summed E-state index contributed by atoms with van der Waals surface area (Å²) in [6.45, 7) is 0. The zero-order chi connectivity index (χ0) is 12.8. The second-order valence-electron chi connectivity index (χ2n) is 3.66. The van der Waals surface area contributed by atoms with Crippen molar-refractivity contribution in [3.05, 3.63) is 65.7 Å². The van der Waals surface area contributed by atoms with Crippen molar-refractivity contribution in [1.29, 1.82) is 0 Å². The van der Waals surface area contributed by atoms with Gasteiger partial charge in [0.05, 0.1) is 6.21 Å². The predicted octanol–water partition coefficient (Wildman–Crippen LogP) is 2.16. The lowest BCUT2D eigenvalue weighted by Gasteiger charge is -1.98. The number of rotatable bonds is 3. The first-order valence-electron chi connectivity index (χ1n) is 5.43. The number of hydrogen-bond acceptors (Lipinski definition) is 3. The van der Waals surface area contributed by atoms with Gasteiger partial charge in [0.15, 0.2) is 0 Å². The summed E-state index contributed by atoms with van der Waals surface area (Å²) in [6, 6.07) is 15.4. The first-order chi connectivity index (χ1) is 8.75. The van der Waals surface area contributed by atoms with Crippen LogP contribution in [0.1, 0.15) is 15.9 Å². The molecule has 0 aliphatic carbocycles. The molecule has 18 heavy (non-hydrogen) atoms. The molecule has 0 radical (unpaired) electrons. The van der Waals surface area contributed by atoms with Crippen molar-refractivity contribution >= 4 is 12.1 Å². The highest BCUT2D eigenvalue weighted by atomic mass is 16.3. The van der Waals surface area contributed by atoms with Crippen LogP contribution in [0.3, 0.4) is 0 Å². The summed E-state index contributed by atoms with van der Waals surface area (Å²) in [7, 11) is 0. The number of nitrogens with one attached hydrogen (secondary N) is 1. The number of phenolic OH excluding ortho intramolecular Hbond substituents is 1. The minimum atomic E-state index is -0.259. The van der Waals surface area contributed by atoms with E-state index in [1.165, 1.54) is 6.21 Å². The number of carbonyl (C=O) groups is 1. The molecule has 0 spiro atoms. The summed E-state index contributed by atoms with van der Waals surface area (Å²) < 4.78 is 0. The van der Waals surface area contributed by atoms with Gasteiger partial charge in [-0.1, -0.05) is 18.2 Å². The molecule has 1 amide bonds.